The van der Waals surface area contributed by atoms with Gasteiger partial charge in [-0.2, -0.15) is 0 Å². The van der Waals surface area contributed by atoms with Crippen LogP contribution in [0.5, 0.6) is 0 Å². The molecule has 96 valence electrons. The van der Waals surface area contributed by atoms with Crippen LogP contribution in [0.1, 0.15) is 23.1 Å². The van der Waals surface area contributed by atoms with Crippen molar-refractivity contribution in [3.63, 3.8) is 0 Å². The van der Waals surface area contributed by atoms with Crippen molar-refractivity contribution in [1.82, 2.24) is 4.98 Å². The average molecular weight is 262 g/mol. The van der Waals surface area contributed by atoms with Crippen LogP contribution in [-0.2, 0) is 13.0 Å². The van der Waals surface area contributed by atoms with Crippen LogP contribution in [0.4, 0.5) is 10.8 Å². The van der Waals surface area contributed by atoms with E-state index in [1.165, 1.54) is 16.9 Å². The molecule has 18 heavy (non-hydrogen) atoms. The molecule has 2 aromatic rings. The molecular formula is C14H18N2OS. The van der Waals surface area contributed by atoms with Gasteiger partial charge >= 0.3 is 0 Å². The zero-order valence-electron chi connectivity index (χ0n) is 11.0. The highest BCUT2D eigenvalue weighted by molar-refractivity contribution is 7.15. The van der Waals surface area contributed by atoms with Crippen LogP contribution in [0.25, 0.3) is 0 Å². The van der Waals surface area contributed by atoms with Gasteiger partial charge in [0.1, 0.15) is 0 Å². The summed E-state index contributed by atoms with van der Waals surface area (Å²) in [4.78, 5) is 7.47. The average Bonchev–Trinajstić information content (AvgIpc) is 2.79. The summed E-state index contributed by atoms with van der Waals surface area (Å²) in [5.41, 5.74) is 3.36. The second-order valence-electron chi connectivity index (χ2n) is 4.24. The van der Waals surface area contributed by atoms with Crippen LogP contribution in [0.2, 0.25) is 0 Å². The molecule has 0 amide bonds. The van der Waals surface area contributed by atoms with E-state index in [4.69, 9.17) is 0 Å². The van der Waals surface area contributed by atoms with Crippen molar-refractivity contribution in [3.05, 3.63) is 40.4 Å². The first-order valence-corrected chi connectivity index (χ1v) is 6.87. The van der Waals surface area contributed by atoms with Gasteiger partial charge in [0.15, 0.2) is 5.13 Å². The SMILES string of the molecule is CCc1ccc(N(C)c2nc(C)c(CO)s2)cc1. The number of anilines is 2. The normalized spacial score (nSPS) is 10.7. The number of hydrogen-bond acceptors (Lipinski definition) is 4. The number of aliphatic hydroxyl groups is 1. The maximum atomic E-state index is 9.20. The Morgan fingerprint density at radius 2 is 1.94 bits per heavy atom. The minimum atomic E-state index is 0.0616. The quantitative estimate of drug-likeness (QED) is 0.918. The van der Waals surface area contributed by atoms with E-state index in [1.807, 2.05) is 14.0 Å². The van der Waals surface area contributed by atoms with Crippen LogP contribution < -0.4 is 4.90 Å². The lowest BCUT2D eigenvalue weighted by Crippen LogP contribution is -2.08. The maximum absolute atomic E-state index is 9.20. The second-order valence-corrected chi connectivity index (χ2v) is 5.30. The van der Waals surface area contributed by atoms with E-state index < -0.39 is 0 Å². The summed E-state index contributed by atoms with van der Waals surface area (Å²) in [6.45, 7) is 4.14. The molecule has 4 heteroatoms. The van der Waals surface area contributed by atoms with Crippen LogP contribution in [-0.4, -0.2) is 17.1 Å². The summed E-state index contributed by atoms with van der Waals surface area (Å²) in [5, 5.41) is 10.1. The lowest BCUT2D eigenvalue weighted by atomic mass is 10.1. The minimum absolute atomic E-state index is 0.0616. The van der Waals surface area contributed by atoms with Gasteiger partial charge in [-0.3, -0.25) is 0 Å². The van der Waals surface area contributed by atoms with E-state index >= 15 is 0 Å². The summed E-state index contributed by atoms with van der Waals surface area (Å²) in [6.07, 6.45) is 1.05. The third-order valence-electron chi connectivity index (χ3n) is 3.04. The van der Waals surface area contributed by atoms with E-state index in [0.29, 0.717) is 0 Å². The van der Waals surface area contributed by atoms with E-state index in [2.05, 4.69) is 41.1 Å². The summed E-state index contributed by atoms with van der Waals surface area (Å²) in [7, 11) is 2.00. The molecule has 0 atom stereocenters. The van der Waals surface area contributed by atoms with Crippen molar-refractivity contribution < 1.29 is 5.11 Å². The molecule has 1 N–H and O–H groups in total. The molecule has 0 saturated carbocycles. The number of aryl methyl sites for hydroxylation is 2. The van der Waals surface area contributed by atoms with Crippen molar-refractivity contribution >= 4 is 22.2 Å². The highest BCUT2D eigenvalue weighted by Crippen LogP contribution is 2.30. The molecule has 1 aromatic heterocycles. The van der Waals surface area contributed by atoms with E-state index in [9.17, 15) is 5.11 Å². The van der Waals surface area contributed by atoms with Crippen molar-refractivity contribution in [3.8, 4) is 0 Å². The lowest BCUT2D eigenvalue weighted by molar-refractivity contribution is 0.284. The Hall–Kier alpha value is -1.39. The summed E-state index contributed by atoms with van der Waals surface area (Å²) in [5.74, 6) is 0. The van der Waals surface area contributed by atoms with E-state index in [0.717, 1.165) is 27.8 Å². The van der Waals surface area contributed by atoms with Crippen LogP contribution in [0.3, 0.4) is 0 Å². The van der Waals surface area contributed by atoms with Crippen molar-refractivity contribution in [2.45, 2.75) is 26.9 Å². The number of aromatic nitrogens is 1. The Morgan fingerprint density at radius 1 is 1.28 bits per heavy atom. The van der Waals surface area contributed by atoms with Gasteiger partial charge in [-0.1, -0.05) is 30.4 Å². The van der Waals surface area contributed by atoms with Crippen molar-refractivity contribution in [2.24, 2.45) is 0 Å². The molecule has 0 aliphatic rings. The molecular weight excluding hydrogens is 244 g/mol. The third-order valence-corrected chi connectivity index (χ3v) is 4.26. The van der Waals surface area contributed by atoms with Gasteiger partial charge in [-0.15, -0.1) is 0 Å². The molecule has 1 aromatic carbocycles. The molecule has 0 unspecified atom stereocenters. The van der Waals surface area contributed by atoms with E-state index in [-0.39, 0.29) is 6.61 Å². The number of rotatable bonds is 4. The number of aliphatic hydroxyl groups excluding tert-OH is 1. The third kappa shape index (κ3) is 2.54. The summed E-state index contributed by atoms with van der Waals surface area (Å²) >= 11 is 1.54. The molecule has 3 nitrogen and oxygen atoms in total. The highest BCUT2D eigenvalue weighted by atomic mass is 32.1. The van der Waals surface area contributed by atoms with E-state index in [1.54, 1.807) is 0 Å². The topological polar surface area (TPSA) is 36.4 Å². The molecule has 0 aliphatic carbocycles. The lowest BCUT2D eigenvalue weighted by Gasteiger charge is -2.16. The Bertz CT molecular complexity index is 519. The fraction of sp³-hybridized carbons (Fsp3) is 0.357. The summed E-state index contributed by atoms with van der Waals surface area (Å²) in [6, 6.07) is 8.49. The summed E-state index contributed by atoms with van der Waals surface area (Å²) < 4.78 is 0. The van der Waals surface area contributed by atoms with Gasteiger partial charge < -0.3 is 10.0 Å². The predicted molar refractivity (Wildman–Crippen MR) is 76.7 cm³/mol. The highest BCUT2D eigenvalue weighted by Gasteiger charge is 2.11. The molecule has 0 radical (unpaired) electrons. The smallest absolute Gasteiger partial charge is 0.190 e. The maximum Gasteiger partial charge on any atom is 0.190 e. The Kier molecular flexibility index (Phi) is 3.99. The first kappa shape index (κ1) is 13.1. The largest absolute Gasteiger partial charge is 0.391 e. The molecule has 2 rings (SSSR count). The van der Waals surface area contributed by atoms with Crippen LogP contribution >= 0.6 is 11.3 Å². The van der Waals surface area contributed by atoms with Gasteiger partial charge in [0.25, 0.3) is 0 Å². The van der Waals surface area contributed by atoms with Gasteiger partial charge in [0.05, 0.1) is 17.2 Å². The van der Waals surface area contributed by atoms with Gasteiger partial charge in [-0.25, -0.2) is 4.98 Å². The van der Waals surface area contributed by atoms with Crippen molar-refractivity contribution in [2.75, 3.05) is 11.9 Å². The molecule has 0 fully saturated rings. The fourth-order valence-electron chi connectivity index (χ4n) is 1.77. The first-order chi connectivity index (χ1) is 8.65. The molecule has 0 bridgehead atoms. The second kappa shape index (κ2) is 5.50. The minimum Gasteiger partial charge on any atom is -0.391 e. The molecule has 0 spiro atoms. The number of hydrogen-bond donors (Lipinski definition) is 1. The molecule has 1 heterocycles. The number of benzene rings is 1. The number of thiazole rings is 1. The Balaban J connectivity index is 2.25. The zero-order chi connectivity index (χ0) is 13.1. The monoisotopic (exact) mass is 262 g/mol. The molecule has 0 aliphatic heterocycles. The fourth-order valence-corrected chi connectivity index (χ4v) is 2.67. The van der Waals surface area contributed by atoms with Gasteiger partial charge in [-0.05, 0) is 31.0 Å². The zero-order valence-corrected chi connectivity index (χ0v) is 11.8. The van der Waals surface area contributed by atoms with Crippen molar-refractivity contribution in [1.29, 1.82) is 0 Å². The molecule has 0 saturated heterocycles. The Labute approximate surface area is 112 Å². The van der Waals surface area contributed by atoms with Gasteiger partial charge in [0.2, 0.25) is 0 Å². The predicted octanol–water partition coefficient (Wildman–Crippen LogP) is 3.27. The first-order valence-electron chi connectivity index (χ1n) is 6.05. The standard InChI is InChI=1S/C14H18N2OS/c1-4-11-5-7-12(8-6-11)16(3)14-15-10(2)13(9-17)18-14/h5-8,17H,4,9H2,1-3H3. The van der Waals surface area contributed by atoms with Crippen LogP contribution in [0, 0.1) is 6.92 Å². The van der Waals surface area contributed by atoms with Gasteiger partial charge in [0, 0.05) is 12.7 Å². The number of nitrogens with zero attached hydrogens (tertiary/aromatic N) is 2. The van der Waals surface area contributed by atoms with Crippen LogP contribution in [0.15, 0.2) is 24.3 Å². The Morgan fingerprint density at radius 3 is 2.44 bits per heavy atom.